The second-order valence-electron chi connectivity index (χ2n) is 3.78. The molecule has 0 amide bonds. The Kier molecular flexibility index (Phi) is 5.86. The topological polar surface area (TPSA) is 41.5 Å². The van der Waals surface area contributed by atoms with E-state index in [0.717, 1.165) is 0 Å². The standard InChI is InChI=1S/C12H17F2NO2/c1-9(6-7-16)15-8-10-4-2-3-5-11(10)17-12(13)14/h2-5,9,12,15-16H,6-8H2,1H3. The van der Waals surface area contributed by atoms with Crippen molar-refractivity contribution in [1.82, 2.24) is 5.32 Å². The highest BCUT2D eigenvalue weighted by molar-refractivity contribution is 5.33. The minimum absolute atomic E-state index is 0.101. The zero-order valence-corrected chi connectivity index (χ0v) is 9.70. The van der Waals surface area contributed by atoms with Crippen LogP contribution in [0.4, 0.5) is 8.78 Å². The summed E-state index contributed by atoms with van der Waals surface area (Å²) in [4.78, 5) is 0. The van der Waals surface area contributed by atoms with E-state index in [-0.39, 0.29) is 18.4 Å². The van der Waals surface area contributed by atoms with Crippen LogP contribution in [-0.2, 0) is 6.54 Å². The lowest BCUT2D eigenvalue weighted by atomic mass is 10.1. The highest BCUT2D eigenvalue weighted by Gasteiger charge is 2.09. The third kappa shape index (κ3) is 5.10. The molecular weight excluding hydrogens is 228 g/mol. The van der Waals surface area contributed by atoms with Gasteiger partial charge in [0.15, 0.2) is 0 Å². The van der Waals surface area contributed by atoms with E-state index >= 15 is 0 Å². The third-order valence-corrected chi connectivity index (χ3v) is 2.39. The van der Waals surface area contributed by atoms with Crippen LogP contribution in [-0.4, -0.2) is 24.4 Å². The predicted molar refractivity (Wildman–Crippen MR) is 61.1 cm³/mol. The molecule has 0 bridgehead atoms. The van der Waals surface area contributed by atoms with Crippen LogP contribution < -0.4 is 10.1 Å². The van der Waals surface area contributed by atoms with E-state index in [9.17, 15) is 8.78 Å². The Hall–Kier alpha value is -1.20. The fourth-order valence-electron chi connectivity index (χ4n) is 1.44. The lowest BCUT2D eigenvalue weighted by Crippen LogP contribution is -2.26. The average molecular weight is 245 g/mol. The average Bonchev–Trinajstić information content (AvgIpc) is 2.27. The molecule has 0 aliphatic rings. The molecule has 96 valence electrons. The highest BCUT2D eigenvalue weighted by Crippen LogP contribution is 2.20. The molecule has 0 heterocycles. The van der Waals surface area contributed by atoms with E-state index in [0.29, 0.717) is 18.5 Å². The summed E-state index contributed by atoms with van der Waals surface area (Å²) >= 11 is 0. The molecule has 0 saturated heterocycles. The van der Waals surface area contributed by atoms with E-state index in [4.69, 9.17) is 5.11 Å². The van der Waals surface area contributed by atoms with Crippen molar-refractivity contribution in [2.24, 2.45) is 0 Å². The van der Waals surface area contributed by atoms with Gasteiger partial charge in [-0.15, -0.1) is 0 Å². The molecule has 17 heavy (non-hydrogen) atoms. The fraction of sp³-hybridized carbons (Fsp3) is 0.500. The first-order valence-corrected chi connectivity index (χ1v) is 5.50. The maximum absolute atomic E-state index is 12.1. The molecule has 3 nitrogen and oxygen atoms in total. The molecule has 0 radical (unpaired) electrons. The number of ether oxygens (including phenoxy) is 1. The van der Waals surface area contributed by atoms with E-state index < -0.39 is 6.61 Å². The van der Waals surface area contributed by atoms with E-state index in [1.54, 1.807) is 18.2 Å². The van der Waals surface area contributed by atoms with Crippen molar-refractivity contribution in [3.8, 4) is 5.75 Å². The highest BCUT2D eigenvalue weighted by atomic mass is 19.3. The monoisotopic (exact) mass is 245 g/mol. The van der Waals surface area contributed by atoms with Gasteiger partial charge in [-0.3, -0.25) is 0 Å². The molecular formula is C12H17F2NO2. The number of para-hydroxylation sites is 1. The van der Waals surface area contributed by atoms with Crippen LogP contribution in [0.15, 0.2) is 24.3 Å². The number of aliphatic hydroxyl groups is 1. The normalized spacial score (nSPS) is 12.8. The van der Waals surface area contributed by atoms with Crippen molar-refractivity contribution in [3.63, 3.8) is 0 Å². The Bertz CT molecular complexity index is 334. The van der Waals surface area contributed by atoms with Crippen molar-refractivity contribution < 1.29 is 18.6 Å². The number of rotatable bonds is 7. The smallest absolute Gasteiger partial charge is 0.387 e. The largest absolute Gasteiger partial charge is 0.434 e. The molecule has 0 aromatic heterocycles. The second kappa shape index (κ2) is 7.19. The van der Waals surface area contributed by atoms with Gasteiger partial charge in [0.25, 0.3) is 0 Å². The van der Waals surface area contributed by atoms with Gasteiger partial charge in [0, 0.05) is 24.8 Å². The zero-order chi connectivity index (χ0) is 12.7. The molecule has 1 rings (SSSR count). The van der Waals surface area contributed by atoms with Gasteiger partial charge in [-0.1, -0.05) is 18.2 Å². The molecule has 0 fully saturated rings. The molecule has 1 aromatic carbocycles. The zero-order valence-electron chi connectivity index (χ0n) is 9.70. The lowest BCUT2D eigenvalue weighted by Gasteiger charge is -2.15. The Morgan fingerprint density at radius 2 is 2.06 bits per heavy atom. The van der Waals surface area contributed by atoms with Crippen LogP contribution in [0.1, 0.15) is 18.9 Å². The molecule has 0 spiro atoms. The summed E-state index contributed by atoms with van der Waals surface area (Å²) in [5.74, 6) is 0.186. The van der Waals surface area contributed by atoms with Gasteiger partial charge in [0.2, 0.25) is 0 Å². The van der Waals surface area contributed by atoms with Crippen LogP contribution in [0.5, 0.6) is 5.75 Å². The summed E-state index contributed by atoms with van der Waals surface area (Å²) in [6, 6.07) is 6.79. The fourth-order valence-corrected chi connectivity index (χ4v) is 1.44. The molecule has 0 aliphatic carbocycles. The predicted octanol–water partition coefficient (Wildman–Crippen LogP) is 2.15. The summed E-state index contributed by atoms with van der Waals surface area (Å²) < 4.78 is 28.7. The maximum Gasteiger partial charge on any atom is 0.387 e. The number of hydrogen-bond donors (Lipinski definition) is 2. The summed E-state index contributed by atoms with van der Waals surface area (Å²) in [5.41, 5.74) is 0.678. The van der Waals surface area contributed by atoms with Crippen LogP contribution >= 0.6 is 0 Å². The Morgan fingerprint density at radius 1 is 1.35 bits per heavy atom. The number of alkyl halides is 2. The second-order valence-corrected chi connectivity index (χ2v) is 3.78. The minimum Gasteiger partial charge on any atom is -0.434 e. The first-order chi connectivity index (χ1) is 8.13. The Balaban J connectivity index is 2.57. The SMILES string of the molecule is CC(CCO)NCc1ccccc1OC(F)F. The number of aliphatic hydroxyl groups excluding tert-OH is 1. The quantitative estimate of drug-likeness (QED) is 0.773. The van der Waals surface area contributed by atoms with Gasteiger partial charge >= 0.3 is 6.61 Å². The number of nitrogens with one attached hydrogen (secondary N) is 1. The van der Waals surface area contributed by atoms with E-state index in [1.165, 1.54) is 6.07 Å². The third-order valence-electron chi connectivity index (χ3n) is 2.39. The van der Waals surface area contributed by atoms with Crippen LogP contribution in [0.3, 0.4) is 0 Å². The maximum atomic E-state index is 12.1. The summed E-state index contributed by atoms with van der Waals surface area (Å²) in [7, 11) is 0. The molecule has 0 saturated carbocycles. The van der Waals surface area contributed by atoms with Gasteiger partial charge in [0.1, 0.15) is 5.75 Å². The summed E-state index contributed by atoms with van der Waals surface area (Å²) in [6.07, 6.45) is 0.623. The summed E-state index contributed by atoms with van der Waals surface area (Å²) in [5, 5.41) is 11.9. The van der Waals surface area contributed by atoms with Gasteiger partial charge in [-0.25, -0.2) is 0 Å². The van der Waals surface area contributed by atoms with Gasteiger partial charge in [-0.05, 0) is 19.4 Å². The van der Waals surface area contributed by atoms with Crippen LogP contribution in [0.25, 0.3) is 0 Å². The van der Waals surface area contributed by atoms with Crippen molar-refractivity contribution in [2.45, 2.75) is 32.5 Å². The first-order valence-electron chi connectivity index (χ1n) is 5.50. The lowest BCUT2D eigenvalue weighted by molar-refractivity contribution is -0.0505. The molecule has 1 unspecified atom stereocenters. The molecule has 2 N–H and O–H groups in total. The number of benzene rings is 1. The van der Waals surface area contributed by atoms with Crippen molar-refractivity contribution in [3.05, 3.63) is 29.8 Å². The van der Waals surface area contributed by atoms with Gasteiger partial charge in [-0.2, -0.15) is 8.78 Å². The first kappa shape index (κ1) is 13.9. The minimum atomic E-state index is -2.81. The van der Waals surface area contributed by atoms with Gasteiger partial charge in [0.05, 0.1) is 0 Å². The summed E-state index contributed by atoms with van der Waals surface area (Å²) in [6.45, 7) is -0.355. The van der Waals surface area contributed by atoms with E-state index in [2.05, 4.69) is 10.1 Å². The van der Waals surface area contributed by atoms with Crippen molar-refractivity contribution in [1.29, 1.82) is 0 Å². The van der Waals surface area contributed by atoms with Crippen molar-refractivity contribution in [2.75, 3.05) is 6.61 Å². The van der Waals surface area contributed by atoms with Crippen LogP contribution in [0, 0.1) is 0 Å². The van der Waals surface area contributed by atoms with E-state index in [1.807, 2.05) is 6.92 Å². The van der Waals surface area contributed by atoms with Crippen molar-refractivity contribution >= 4 is 0 Å². The Labute approximate surface area is 99.4 Å². The van der Waals surface area contributed by atoms with Gasteiger partial charge < -0.3 is 15.2 Å². The Morgan fingerprint density at radius 3 is 2.71 bits per heavy atom. The number of halogens is 2. The molecule has 0 aliphatic heterocycles. The molecule has 1 atom stereocenters. The number of hydrogen-bond acceptors (Lipinski definition) is 3. The molecule has 5 heteroatoms. The van der Waals surface area contributed by atoms with Crippen LogP contribution in [0.2, 0.25) is 0 Å². The molecule has 1 aromatic rings.